The molecule has 1 N–H and O–H groups in total. The maximum absolute atomic E-state index is 13.6. The number of fused-ring (bicyclic) bond motifs is 1. The summed E-state index contributed by atoms with van der Waals surface area (Å²) in [4.78, 5) is 13.7. The van der Waals surface area contributed by atoms with E-state index in [2.05, 4.69) is 24.3 Å². The number of nitrogens with one attached hydrogen (secondary N) is 1. The number of hydrogen-bond acceptors (Lipinski definition) is 3. The molecule has 1 aliphatic heterocycles. The predicted octanol–water partition coefficient (Wildman–Crippen LogP) is 2.50. The molecule has 0 fully saturated rings. The number of rotatable bonds is 5. The Bertz CT molecular complexity index is 999. The topological polar surface area (TPSA) is 43.9 Å². The van der Waals surface area contributed by atoms with Crippen LogP contribution in [0.5, 0.6) is 5.75 Å². The van der Waals surface area contributed by atoms with Crippen LogP contribution in [-0.2, 0) is 26.1 Å². The minimum absolute atomic E-state index is 0.00899. The van der Waals surface area contributed by atoms with Crippen molar-refractivity contribution in [1.82, 2.24) is 0 Å². The van der Waals surface area contributed by atoms with Crippen molar-refractivity contribution >= 4 is 0 Å². The second-order valence-corrected chi connectivity index (χ2v) is 6.83. The van der Waals surface area contributed by atoms with Crippen LogP contribution in [-0.4, -0.2) is 6.54 Å². The number of quaternary nitrogens is 1. The van der Waals surface area contributed by atoms with Crippen molar-refractivity contribution in [2.75, 3.05) is 6.54 Å². The lowest BCUT2D eigenvalue weighted by atomic mass is 10.00. The molecule has 1 aliphatic rings. The van der Waals surface area contributed by atoms with Gasteiger partial charge in [-0.3, -0.25) is 4.79 Å². The SMILES string of the molecule is O=c1cc(C[NH+]2CCc3ccccc3C2)occ1OCc1ccccc1F. The maximum Gasteiger partial charge on any atom is 0.227 e. The largest absolute Gasteiger partial charge is 0.482 e. The Kier molecular flexibility index (Phi) is 5.03. The van der Waals surface area contributed by atoms with Crippen LogP contribution in [0, 0.1) is 5.82 Å². The molecule has 0 saturated heterocycles. The van der Waals surface area contributed by atoms with E-state index in [0.29, 0.717) is 17.9 Å². The average molecular weight is 366 g/mol. The van der Waals surface area contributed by atoms with Gasteiger partial charge in [-0.25, -0.2) is 4.39 Å². The second kappa shape index (κ2) is 7.76. The third-order valence-electron chi connectivity index (χ3n) is 4.92. The molecule has 2 aromatic carbocycles. The second-order valence-electron chi connectivity index (χ2n) is 6.83. The fourth-order valence-electron chi connectivity index (χ4n) is 3.45. The molecular formula is C22H21FNO3+. The lowest BCUT2D eigenvalue weighted by molar-refractivity contribution is -0.930. The van der Waals surface area contributed by atoms with Crippen LogP contribution in [0.3, 0.4) is 0 Å². The van der Waals surface area contributed by atoms with Crippen molar-refractivity contribution in [2.45, 2.75) is 26.1 Å². The Morgan fingerprint density at radius 1 is 1.07 bits per heavy atom. The summed E-state index contributed by atoms with van der Waals surface area (Å²) < 4.78 is 24.7. The van der Waals surface area contributed by atoms with Gasteiger partial charge >= 0.3 is 0 Å². The van der Waals surface area contributed by atoms with Gasteiger partial charge in [-0.1, -0.05) is 42.5 Å². The Labute approximate surface area is 156 Å². The standard InChI is InChI=1S/C22H20FNO3/c23-20-8-4-3-7-18(20)14-27-22-15-26-19(11-21(22)25)13-24-10-9-16-5-1-2-6-17(16)12-24/h1-8,11,15H,9-10,12-14H2/p+1. The summed E-state index contributed by atoms with van der Waals surface area (Å²) >= 11 is 0. The number of benzene rings is 2. The first-order valence-corrected chi connectivity index (χ1v) is 9.07. The Morgan fingerprint density at radius 2 is 1.85 bits per heavy atom. The number of halogens is 1. The van der Waals surface area contributed by atoms with Gasteiger partial charge < -0.3 is 14.1 Å². The molecule has 2 heterocycles. The lowest BCUT2D eigenvalue weighted by Crippen LogP contribution is -3.10. The Balaban J connectivity index is 1.40. The summed E-state index contributed by atoms with van der Waals surface area (Å²) in [6.07, 6.45) is 2.36. The summed E-state index contributed by atoms with van der Waals surface area (Å²) in [6, 6.07) is 16.3. The van der Waals surface area contributed by atoms with Crippen LogP contribution >= 0.6 is 0 Å². The van der Waals surface area contributed by atoms with Crippen LogP contribution in [0.1, 0.15) is 22.5 Å². The monoisotopic (exact) mass is 366 g/mol. The summed E-state index contributed by atoms with van der Waals surface area (Å²) in [6.45, 7) is 2.57. The molecule has 1 atom stereocenters. The van der Waals surface area contributed by atoms with E-state index in [-0.39, 0.29) is 23.6 Å². The molecule has 0 radical (unpaired) electrons. The quantitative estimate of drug-likeness (QED) is 0.755. The van der Waals surface area contributed by atoms with Gasteiger partial charge in [-0.15, -0.1) is 0 Å². The molecule has 138 valence electrons. The average Bonchev–Trinajstić information content (AvgIpc) is 2.68. The van der Waals surface area contributed by atoms with E-state index in [1.807, 2.05) is 0 Å². The van der Waals surface area contributed by atoms with Gasteiger partial charge in [0.2, 0.25) is 11.2 Å². The third-order valence-corrected chi connectivity index (χ3v) is 4.92. The van der Waals surface area contributed by atoms with Crippen molar-refractivity contribution in [3.05, 3.63) is 99.4 Å². The van der Waals surface area contributed by atoms with Crippen molar-refractivity contribution in [3.8, 4) is 5.75 Å². The first-order chi connectivity index (χ1) is 13.2. The van der Waals surface area contributed by atoms with Crippen LogP contribution in [0.4, 0.5) is 4.39 Å². The number of ether oxygens (including phenoxy) is 1. The van der Waals surface area contributed by atoms with Crippen molar-refractivity contribution in [3.63, 3.8) is 0 Å². The van der Waals surface area contributed by atoms with E-state index >= 15 is 0 Å². The first kappa shape index (κ1) is 17.5. The summed E-state index contributed by atoms with van der Waals surface area (Å²) in [7, 11) is 0. The summed E-state index contributed by atoms with van der Waals surface area (Å²) in [5.74, 6) is 0.376. The van der Waals surface area contributed by atoms with E-state index in [1.54, 1.807) is 18.2 Å². The highest BCUT2D eigenvalue weighted by atomic mass is 19.1. The summed E-state index contributed by atoms with van der Waals surface area (Å²) in [5, 5.41) is 0. The van der Waals surface area contributed by atoms with E-state index in [4.69, 9.17) is 9.15 Å². The van der Waals surface area contributed by atoms with Gasteiger partial charge in [-0.05, 0) is 11.6 Å². The molecule has 4 rings (SSSR count). The zero-order valence-corrected chi connectivity index (χ0v) is 14.9. The van der Waals surface area contributed by atoms with Gasteiger partial charge in [-0.2, -0.15) is 0 Å². The minimum Gasteiger partial charge on any atom is -0.482 e. The molecule has 5 heteroatoms. The maximum atomic E-state index is 13.6. The highest BCUT2D eigenvalue weighted by molar-refractivity contribution is 5.27. The molecule has 1 unspecified atom stereocenters. The fourth-order valence-corrected chi connectivity index (χ4v) is 3.45. The molecule has 0 saturated carbocycles. The van der Waals surface area contributed by atoms with Crippen molar-refractivity contribution in [2.24, 2.45) is 0 Å². The third kappa shape index (κ3) is 4.09. The van der Waals surface area contributed by atoms with E-state index in [9.17, 15) is 9.18 Å². The molecule has 1 aromatic heterocycles. The smallest absolute Gasteiger partial charge is 0.227 e. The van der Waals surface area contributed by atoms with Gasteiger partial charge in [0.1, 0.15) is 31.8 Å². The van der Waals surface area contributed by atoms with Crippen LogP contribution < -0.4 is 15.1 Å². The van der Waals surface area contributed by atoms with E-state index in [0.717, 1.165) is 19.5 Å². The normalized spacial score (nSPS) is 16.0. The minimum atomic E-state index is -0.354. The van der Waals surface area contributed by atoms with Gasteiger partial charge in [0, 0.05) is 23.6 Å². The highest BCUT2D eigenvalue weighted by Crippen LogP contribution is 2.13. The van der Waals surface area contributed by atoms with Crippen LogP contribution in [0.2, 0.25) is 0 Å². The van der Waals surface area contributed by atoms with E-state index in [1.165, 1.54) is 34.4 Å². The van der Waals surface area contributed by atoms with E-state index < -0.39 is 0 Å². The highest BCUT2D eigenvalue weighted by Gasteiger charge is 2.20. The number of hydrogen-bond donors (Lipinski definition) is 1. The lowest BCUT2D eigenvalue weighted by Gasteiger charge is -2.25. The van der Waals surface area contributed by atoms with Gasteiger partial charge in [0.05, 0.1) is 6.54 Å². The van der Waals surface area contributed by atoms with Crippen molar-refractivity contribution < 1.29 is 18.4 Å². The zero-order chi connectivity index (χ0) is 18.6. The Morgan fingerprint density at radius 3 is 2.67 bits per heavy atom. The molecule has 27 heavy (non-hydrogen) atoms. The van der Waals surface area contributed by atoms with Crippen molar-refractivity contribution in [1.29, 1.82) is 0 Å². The molecule has 4 nitrogen and oxygen atoms in total. The summed E-state index contributed by atoms with van der Waals surface area (Å²) in [5.41, 5.74) is 2.91. The molecule has 0 bridgehead atoms. The van der Waals surface area contributed by atoms with Crippen LogP contribution in [0.25, 0.3) is 0 Å². The van der Waals surface area contributed by atoms with Gasteiger partial charge in [0.15, 0.2) is 5.76 Å². The molecular weight excluding hydrogens is 345 g/mol. The molecule has 0 aliphatic carbocycles. The molecule has 0 amide bonds. The Hall–Kier alpha value is -2.92. The molecule has 3 aromatic rings. The zero-order valence-electron chi connectivity index (χ0n) is 14.9. The first-order valence-electron chi connectivity index (χ1n) is 9.07. The van der Waals surface area contributed by atoms with Crippen LogP contribution in [0.15, 0.2) is 70.1 Å². The van der Waals surface area contributed by atoms with Gasteiger partial charge in [0.25, 0.3) is 0 Å². The fraction of sp³-hybridized carbons (Fsp3) is 0.227. The predicted molar refractivity (Wildman–Crippen MR) is 99.1 cm³/mol. The molecule has 0 spiro atoms.